The summed E-state index contributed by atoms with van der Waals surface area (Å²) in [6.45, 7) is 20.3. The second-order valence-corrected chi connectivity index (χ2v) is 8.80. The molecule has 0 aromatic heterocycles. The first-order valence-electron chi connectivity index (χ1n) is 12.3. The molecule has 0 heterocycles. The highest BCUT2D eigenvalue weighted by atomic mass is 14.9. The van der Waals surface area contributed by atoms with Crippen LogP contribution in [0.1, 0.15) is 49.8 Å². The molecule has 33 heavy (non-hydrogen) atoms. The first-order chi connectivity index (χ1) is 16.0. The highest BCUT2D eigenvalue weighted by Crippen LogP contribution is 2.27. The predicted molar refractivity (Wildman–Crippen MR) is 144 cm³/mol. The molecule has 0 amide bonds. The fourth-order valence-electron chi connectivity index (χ4n) is 4.70. The molecule has 3 aromatic carbocycles. The number of hydrogen-bond acceptors (Lipinski definition) is 4. The van der Waals surface area contributed by atoms with E-state index in [-0.39, 0.29) is 0 Å². The molecule has 3 N–H and O–H groups in total. The van der Waals surface area contributed by atoms with Crippen molar-refractivity contribution < 1.29 is 0 Å². The van der Waals surface area contributed by atoms with Crippen LogP contribution in [0.4, 0.5) is 5.69 Å². The summed E-state index contributed by atoms with van der Waals surface area (Å²) < 4.78 is 0. The number of aryl methyl sites for hydroxylation is 2. The van der Waals surface area contributed by atoms with Gasteiger partial charge in [0.1, 0.15) is 0 Å². The van der Waals surface area contributed by atoms with Gasteiger partial charge in [0.05, 0.1) is 11.6 Å². The average molecular weight is 443 g/mol. The van der Waals surface area contributed by atoms with E-state index in [9.17, 15) is 5.26 Å². The van der Waals surface area contributed by atoms with Gasteiger partial charge in [-0.1, -0.05) is 39.1 Å². The van der Waals surface area contributed by atoms with Crippen molar-refractivity contribution in [1.29, 1.82) is 5.26 Å². The second-order valence-electron chi connectivity index (χ2n) is 8.80. The number of nitrogens with zero attached hydrogens (tertiary/aromatic N) is 1. The summed E-state index contributed by atoms with van der Waals surface area (Å²) in [6, 6.07) is 10.7. The molecule has 0 radical (unpaired) electrons. The normalized spacial score (nSPS) is 11.2. The Balaban J connectivity index is 2.16. The standard InChI is InChI=1S/C29H38N4/c1-6-14-31-16-8-9-23-12-13-25(33-18-17-32-15-7-2)29-21(4)26-20(3)10-11-24(19-30)28(26)22(5)27(23)29/h10-13,31-33H,4-9,14-18H2,1-3H3. The molecule has 0 aliphatic heterocycles. The van der Waals surface area contributed by atoms with E-state index in [4.69, 9.17) is 0 Å². The zero-order chi connectivity index (χ0) is 23.8. The Labute approximate surface area is 198 Å². The van der Waals surface area contributed by atoms with Crippen LogP contribution in [0.2, 0.25) is 0 Å². The number of fused-ring (bicyclic) bond motifs is 2. The lowest BCUT2D eigenvalue weighted by molar-refractivity contribution is 0.641. The van der Waals surface area contributed by atoms with Crippen LogP contribution >= 0.6 is 0 Å². The maximum atomic E-state index is 9.82. The van der Waals surface area contributed by atoms with E-state index in [0.29, 0.717) is 5.56 Å². The third-order valence-electron chi connectivity index (χ3n) is 6.30. The van der Waals surface area contributed by atoms with Gasteiger partial charge in [-0.15, -0.1) is 0 Å². The quantitative estimate of drug-likeness (QED) is 0.289. The molecule has 0 atom stereocenters. The lowest BCUT2D eigenvalue weighted by Gasteiger charge is -2.18. The van der Waals surface area contributed by atoms with Crippen molar-refractivity contribution in [2.45, 2.75) is 46.5 Å². The molecule has 0 fully saturated rings. The molecule has 0 aliphatic rings. The molecule has 0 bridgehead atoms. The summed E-state index contributed by atoms with van der Waals surface area (Å²) >= 11 is 0. The van der Waals surface area contributed by atoms with Crippen molar-refractivity contribution >= 4 is 40.4 Å². The van der Waals surface area contributed by atoms with Crippen LogP contribution in [0.25, 0.3) is 34.7 Å². The topological polar surface area (TPSA) is 59.9 Å². The molecule has 174 valence electrons. The lowest BCUT2D eigenvalue weighted by Crippen LogP contribution is -2.24. The average Bonchev–Trinajstić information content (AvgIpc) is 2.82. The molecular formula is C29H38N4. The van der Waals surface area contributed by atoms with E-state index in [0.717, 1.165) is 102 Å². The van der Waals surface area contributed by atoms with Crippen molar-refractivity contribution in [2.24, 2.45) is 0 Å². The van der Waals surface area contributed by atoms with Gasteiger partial charge >= 0.3 is 0 Å². The fraction of sp³-hybridized carbons (Fsp3) is 0.414. The lowest BCUT2D eigenvalue weighted by atomic mass is 9.89. The van der Waals surface area contributed by atoms with Crippen molar-refractivity contribution in [1.82, 2.24) is 10.6 Å². The summed E-state index contributed by atoms with van der Waals surface area (Å²) in [5.74, 6) is 0. The minimum absolute atomic E-state index is 0.671. The molecule has 3 aromatic rings. The van der Waals surface area contributed by atoms with Gasteiger partial charge < -0.3 is 16.0 Å². The van der Waals surface area contributed by atoms with Crippen LogP contribution in [-0.2, 0) is 6.42 Å². The highest BCUT2D eigenvalue weighted by molar-refractivity contribution is 6.08. The molecule has 4 nitrogen and oxygen atoms in total. The highest BCUT2D eigenvalue weighted by Gasteiger charge is 2.15. The van der Waals surface area contributed by atoms with E-state index in [1.54, 1.807) is 0 Å². The van der Waals surface area contributed by atoms with Gasteiger partial charge in [0.25, 0.3) is 0 Å². The van der Waals surface area contributed by atoms with E-state index in [1.807, 2.05) is 12.1 Å². The zero-order valence-electron chi connectivity index (χ0n) is 20.5. The summed E-state index contributed by atoms with van der Waals surface area (Å²) in [7, 11) is 0. The Kier molecular flexibility index (Phi) is 8.88. The van der Waals surface area contributed by atoms with Gasteiger partial charge in [-0.25, -0.2) is 0 Å². The summed E-state index contributed by atoms with van der Waals surface area (Å²) in [5.41, 5.74) is 4.17. The number of benzene rings is 3. The Morgan fingerprint density at radius 1 is 0.788 bits per heavy atom. The van der Waals surface area contributed by atoms with Crippen LogP contribution in [0.15, 0.2) is 24.3 Å². The Hall–Kier alpha value is -2.87. The van der Waals surface area contributed by atoms with Gasteiger partial charge in [0.2, 0.25) is 0 Å². The van der Waals surface area contributed by atoms with Gasteiger partial charge in [-0.05, 0) is 96.7 Å². The summed E-state index contributed by atoms with van der Waals surface area (Å²) in [4.78, 5) is 0. The Morgan fingerprint density at radius 3 is 2.18 bits per heavy atom. The van der Waals surface area contributed by atoms with Crippen LogP contribution in [0.3, 0.4) is 0 Å². The summed E-state index contributed by atoms with van der Waals surface area (Å²) in [6.07, 6.45) is 4.30. The SMILES string of the molecule is C=c1c2c(C#N)ccc(C)c2c(=C)c2c(NCCNCCC)ccc(CCCNCCC)c12. The minimum Gasteiger partial charge on any atom is -0.383 e. The molecule has 4 heteroatoms. The third kappa shape index (κ3) is 5.38. The second kappa shape index (κ2) is 11.8. The molecule has 0 saturated carbocycles. The van der Waals surface area contributed by atoms with Crippen LogP contribution < -0.4 is 26.4 Å². The maximum Gasteiger partial charge on any atom is 0.0998 e. The van der Waals surface area contributed by atoms with Crippen molar-refractivity contribution in [3.05, 3.63) is 51.4 Å². The first-order valence-corrected chi connectivity index (χ1v) is 12.3. The van der Waals surface area contributed by atoms with E-state index < -0.39 is 0 Å². The van der Waals surface area contributed by atoms with Gasteiger partial charge in [0, 0.05) is 29.5 Å². The Morgan fingerprint density at radius 2 is 1.48 bits per heavy atom. The van der Waals surface area contributed by atoms with Gasteiger partial charge in [-0.2, -0.15) is 5.26 Å². The smallest absolute Gasteiger partial charge is 0.0998 e. The fourth-order valence-corrected chi connectivity index (χ4v) is 4.70. The maximum absolute atomic E-state index is 9.82. The Bertz CT molecular complexity index is 1250. The molecular weight excluding hydrogens is 404 g/mol. The third-order valence-corrected chi connectivity index (χ3v) is 6.30. The van der Waals surface area contributed by atoms with Crippen molar-refractivity contribution in [3.63, 3.8) is 0 Å². The largest absolute Gasteiger partial charge is 0.383 e. The number of nitrogens with one attached hydrogen (secondary N) is 3. The van der Waals surface area contributed by atoms with E-state index >= 15 is 0 Å². The van der Waals surface area contributed by atoms with E-state index in [2.05, 4.69) is 68.1 Å². The van der Waals surface area contributed by atoms with Gasteiger partial charge in [0.15, 0.2) is 0 Å². The van der Waals surface area contributed by atoms with Crippen LogP contribution in [0, 0.1) is 18.3 Å². The molecule has 0 saturated heterocycles. The number of anilines is 1. The van der Waals surface area contributed by atoms with E-state index in [1.165, 1.54) is 5.56 Å². The van der Waals surface area contributed by atoms with Crippen LogP contribution in [0.5, 0.6) is 0 Å². The molecule has 0 unspecified atom stereocenters. The van der Waals surface area contributed by atoms with Gasteiger partial charge in [-0.3, -0.25) is 0 Å². The molecule has 0 spiro atoms. The molecule has 3 rings (SSSR count). The number of hydrogen-bond donors (Lipinski definition) is 3. The zero-order valence-corrected chi connectivity index (χ0v) is 20.5. The monoisotopic (exact) mass is 442 g/mol. The first kappa shape index (κ1) is 24.8. The molecule has 0 aliphatic carbocycles. The summed E-state index contributed by atoms with van der Waals surface area (Å²) in [5, 5.41) is 26.6. The van der Waals surface area contributed by atoms with Crippen LogP contribution in [-0.4, -0.2) is 32.7 Å². The van der Waals surface area contributed by atoms with Crippen molar-refractivity contribution in [2.75, 3.05) is 38.0 Å². The van der Waals surface area contributed by atoms with Crippen molar-refractivity contribution in [3.8, 4) is 6.07 Å². The number of rotatable bonds is 12. The number of nitriles is 1. The predicted octanol–water partition coefficient (Wildman–Crippen LogP) is 4.34. The minimum atomic E-state index is 0.671.